The highest BCUT2D eigenvalue weighted by atomic mass is 16.5. The second kappa shape index (κ2) is 3.47. The van der Waals surface area contributed by atoms with Gasteiger partial charge in [0.15, 0.2) is 17.8 Å². The Morgan fingerprint density at radius 2 is 2.08 bits per heavy atom. The van der Waals surface area contributed by atoms with Gasteiger partial charge in [0.1, 0.15) is 0 Å². The minimum absolute atomic E-state index is 0.555. The summed E-state index contributed by atoms with van der Waals surface area (Å²) in [7, 11) is 0. The summed E-state index contributed by atoms with van der Waals surface area (Å²) in [4.78, 5) is 10.7. The quantitative estimate of drug-likeness (QED) is 0.613. The minimum atomic E-state index is 0.555. The molecule has 0 spiro atoms. The SMILES string of the molecule is O=Cc1cccc2c1OCCCO2. The molecule has 0 saturated carbocycles. The van der Waals surface area contributed by atoms with Crippen LogP contribution in [0.25, 0.3) is 0 Å². The van der Waals surface area contributed by atoms with E-state index in [4.69, 9.17) is 9.47 Å². The molecule has 13 heavy (non-hydrogen) atoms. The van der Waals surface area contributed by atoms with Crippen molar-refractivity contribution in [3.8, 4) is 11.5 Å². The van der Waals surface area contributed by atoms with E-state index in [1.165, 1.54) is 0 Å². The molecule has 0 atom stereocenters. The van der Waals surface area contributed by atoms with Crippen molar-refractivity contribution in [3.05, 3.63) is 23.8 Å². The maximum atomic E-state index is 10.7. The first-order valence-electron chi connectivity index (χ1n) is 4.25. The van der Waals surface area contributed by atoms with E-state index in [1.807, 2.05) is 6.07 Å². The van der Waals surface area contributed by atoms with E-state index >= 15 is 0 Å². The highest BCUT2D eigenvalue weighted by Crippen LogP contribution is 2.31. The Hall–Kier alpha value is -1.51. The zero-order valence-corrected chi connectivity index (χ0v) is 7.16. The van der Waals surface area contributed by atoms with Gasteiger partial charge >= 0.3 is 0 Å². The summed E-state index contributed by atoms with van der Waals surface area (Å²) in [5.74, 6) is 1.25. The third kappa shape index (κ3) is 1.49. The first-order chi connectivity index (χ1) is 6.42. The predicted octanol–water partition coefficient (Wildman–Crippen LogP) is 1.66. The molecule has 1 aliphatic heterocycles. The molecule has 0 bridgehead atoms. The van der Waals surface area contributed by atoms with Crippen molar-refractivity contribution >= 4 is 6.29 Å². The fourth-order valence-electron chi connectivity index (χ4n) is 1.31. The Labute approximate surface area is 76.3 Å². The van der Waals surface area contributed by atoms with Crippen molar-refractivity contribution < 1.29 is 14.3 Å². The lowest BCUT2D eigenvalue weighted by Gasteiger charge is -2.07. The fourth-order valence-corrected chi connectivity index (χ4v) is 1.31. The maximum Gasteiger partial charge on any atom is 0.171 e. The standard InChI is InChI=1S/C10H10O3/c11-7-8-3-1-4-9-10(8)13-6-2-5-12-9/h1,3-4,7H,2,5-6H2. The van der Waals surface area contributed by atoms with Crippen LogP contribution in [0.2, 0.25) is 0 Å². The first kappa shape index (κ1) is 8.10. The lowest BCUT2D eigenvalue weighted by Crippen LogP contribution is -1.98. The number of carbonyl (C=O) groups is 1. The molecule has 3 nitrogen and oxygen atoms in total. The van der Waals surface area contributed by atoms with Crippen LogP contribution in [0, 0.1) is 0 Å². The summed E-state index contributed by atoms with van der Waals surface area (Å²) in [5, 5.41) is 0. The Kier molecular flexibility index (Phi) is 2.17. The van der Waals surface area contributed by atoms with Gasteiger partial charge in [-0.25, -0.2) is 0 Å². The lowest BCUT2D eigenvalue weighted by molar-refractivity contribution is 0.111. The number of fused-ring (bicyclic) bond motifs is 1. The van der Waals surface area contributed by atoms with Crippen LogP contribution in [0.3, 0.4) is 0 Å². The Morgan fingerprint density at radius 1 is 1.23 bits per heavy atom. The van der Waals surface area contributed by atoms with E-state index < -0.39 is 0 Å². The van der Waals surface area contributed by atoms with Crippen LogP contribution in [0.5, 0.6) is 11.5 Å². The lowest BCUT2D eigenvalue weighted by atomic mass is 10.2. The van der Waals surface area contributed by atoms with Crippen LogP contribution in [-0.4, -0.2) is 19.5 Å². The van der Waals surface area contributed by atoms with Gasteiger partial charge in [0.25, 0.3) is 0 Å². The van der Waals surface area contributed by atoms with Gasteiger partial charge < -0.3 is 9.47 Å². The van der Waals surface area contributed by atoms with Crippen molar-refractivity contribution in [1.82, 2.24) is 0 Å². The molecular formula is C10H10O3. The van der Waals surface area contributed by atoms with Gasteiger partial charge in [-0.1, -0.05) is 6.07 Å². The molecular weight excluding hydrogens is 168 g/mol. The minimum Gasteiger partial charge on any atom is -0.490 e. The number of para-hydroxylation sites is 1. The average Bonchev–Trinajstić information content (AvgIpc) is 2.41. The summed E-state index contributed by atoms with van der Waals surface area (Å²) >= 11 is 0. The van der Waals surface area contributed by atoms with Gasteiger partial charge in [0.05, 0.1) is 18.8 Å². The van der Waals surface area contributed by atoms with Crippen molar-refractivity contribution in [2.75, 3.05) is 13.2 Å². The predicted molar refractivity (Wildman–Crippen MR) is 47.4 cm³/mol. The van der Waals surface area contributed by atoms with Gasteiger partial charge in [-0.15, -0.1) is 0 Å². The summed E-state index contributed by atoms with van der Waals surface area (Å²) in [6.45, 7) is 1.26. The van der Waals surface area contributed by atoms with Crippen molar-refractivity contribution in [2.24, 2.45) is 0 Å². The molecule has 1 heterocycles. The average molecular weight is 178 g/mol. The van der Waals surface area contributed by atoms with Crippen LogP contribution < -0.4 is 9.47 Å². The highest BCUT2D eigenvalue weighted by Gasteiger charge is 2.13. The van der Waals surface area contributed by atoms with Crippen LogP contribution >= 0.6 is 0 Å². The largest absolute Gasteiger partial charge is 0.490 e. The van der Waals surface area contributed by atoms with Gasteiger partial charge in [-0.05, 0) is 12.1 Å². The van der Waals surface area contributed by atoms with Crippen LogP contribution in [-0.2, 0) is 0 Å². The summed E-state index contributed by atoms with van der Waals surface area (Å²) in [6, 6.07) is 5.32. The monoisotopic (exact) mass is 178 g/mol. The first-order valence-corrected chi connectivity index (χ1v) is 4.25. The molecule has 68 valence electrons. The number of hydrogen-bond donors (Lipinski definition) is 0. The molecule has 0 aromatic heterocycles. The normalized spacial score (nSPS) is 14.8. The number of hydrogen-bond acceptors (Lipinski definition) is 3. The van der Waals surface area contributed by atoms with E-state index in [9.17, 15) is 4.79 Å². The van der Waals surface area contributed by atoms with Crippen molar-refractivity contribution in [2.45, 2.75) is 6.42 Å². The number of rotatable bonds is 1. The van der Waals surface area contributed by atoms with Gasteiger partial charge in [-0.2, -0.15) is 0 Å². The highest BCUT2D eigenvalue weighted by molar-refractivity contribution is 5.81. The Balaban J connectivity index is 2.45. The molecule has 1 aromatic rings. The van der Waals surface area contributed by atoms with Gasteiger partial charge in [0, 0.05) is 6.42 Å². The van der Waals surface area contributed by atoms with E-state index in [0.29, 0.717) is 30.3 Å². The molecule has 0 aliphatic carbocycles. The van der Waals surface area contributed by atoms with E-state index in [2.05, 4.69) is 0 Å². The zero-order valence-electron chi connectivity index (χ0n) is 7.16. The number of ether oxygens (including phenoxy) is 2. The molecule has 0 fully saturated rings. The molecule has 3 heteroatoms. The molecule has 2 rings (SSSR count). The molecule has 1 aliphatic rings. The van der Waals surface area contributed by atoms with E-state index in [0.717, 1.165) is 12.7 Å². The zero-order chi connectivity index (χ0) is 9.10. The van der Waals surface area contributed by atoms with Gasteiger partial charge in [0.2, 0.25) is 0 Å². The summed E-state index contributed by atoms with van der Waals surface area (Å²) < 4.78 is 10.8. The molecule has 1 aromatic carbocycles. The molecule has 0 N–H and O–H groups in total. The second-order valence-corrected chi connectivity index (χ2v) is 2.84. The smallest absolute Gasteiger partial charge is 0.171 e. The van der Waals surface area contributed by atoms with Crippen LogP contribution in [0.1, 0.15) is 16.8 Å². The molecule has 0 radical (unpaired) electrons. The number of benzene rings is 1. The Morgan fingerprint density at radius 3 is 2.92 bits per heavy atom. The fraction of sp³-hybridized carbons (Fsp3) is 0.300. The van der Waals surface area contributed by atoms with Crippen LogP contribution in [0.15, 0.2) is 18.2 Å². The van der Waals surface area contributed by atoms with Crippen LogP contribution in [0.4, 0.5) is 0 Å². The second-order valence-electron chi connectivity index (χ2n) is 2.84. The van der Waals surface area contributed by atoms with Crippen molar-refractivity contribution in [3.63, 3.8) is 0 Å². The van der Waals surface area contributed by atoms with Crippen molar-refractivity contribution in [1.29, 1.82) is 0 Å². The van der Waals surface area contributed by atoms with E-state index in [-0.39, 0.29) is 0 Å². The Bertz CT molecular complexity index is 320. The summed E-state index contributed by atoms with van der Waals surface area (Å²) in [6.07, 6.45) is 1.64. The number of aldehydes is 1. The molecule has 0 saturated heterocycles. The summed E-state index contributed by atoms with van der Waals surface area (Å²) in [5.41, 5.74) is 0.555. The third-order valence-corrected chi connectivity index (χ3v) is 1.93. The van der Waals surface area contributed by atoms with Gasteiger partial charge in [-0.3, -0.25) is 4.79 Å². The third-order valence-electron chi connectivity index (χ3n) is 1.93. The topological polar surface area (TPSA) is 35.5 Å². The van der Waals surface area contributed by atoms with E-state index in [1.54, 1.807) is 12.1 Å². The number of carbonyl (C=O) groups excluding carboxylic acids is 1. The maximum absolute atomic E-state index is 10.7. The molecule has 0 unspecified atom stereocenters. The molecule has 0 amide bonds.